The van der Waals surface area contributed by atoms with E-state index >= 15 is 0 Å². The lowest BCUT2D eigenvalue weighted by Gasteiger charge is -2.13. The smallest absolute Gasteiger partial charge is 0.187 e. The van der Waals surface area contributed by atoms with Gasteiger partial charge in [0.15, 0.2) is 5.13 Å². The molecular weight excluding hydrogens is 507 g/mol. The van der Waals surface area contributed by atoms with Gasteiger partial charge in [-0.1, -0.05) is 42.1 Å². The van der Waals surface area contributed by atoms with E-state index in [1.807, 2.05) is 36.6 Å². The summed E-state index contributed by atoms with van der Waals surface area (Å²) in [4.78, 5) is 8.93. The van der Waals surface area contributed by atoms with Crippen LogP contribution in [0.4, 0.5) is 21.0 Å². The monoisotopic (exact) mass is 530 g/mol. The van der Waals surface area contributed by atoms with Crippen molar-refractivity contribution in [3.8, 4) is 23.3 Å². The van der Waals surface area contributed by atoms with Crippen LogP contribution in [0, 0.1) is 35.4 Å². The Morgan fingerprint density at radius 2 is 1.86 bits per heavy atom. The van der Waals surface area contributed by atoms with Crippen molar-refractivity contribution in [2.45, 2.75) is 30.5 Å². The van der Waals surface area contributed by atoms with Gasteiger partial charge in [0.1, 0.15) is 34.4 Å². The molecule has 4 rings (SSSR count). The van der Waals surface area contributed by atoms with Gasteiger partial charge in [0.25, 0.3) is 0 Å². The highest BCUT2D eigenvalue weighted by Gasteiger charge is 2.21. The van der Waals surface area contributed by atoms with Crippen molar-refractivity contribution in [1.82, 2.24) is 9.97 Å². The zero-order chi connectivity index (χ0) is 26.4. The van der Waals surface area contributed by atoms with Gasteiger partial charge in [0.2, 0.25) is 0 Å². The van der Waals surface area contributed by atoms with Crippen molar-refractivity contribution in [3.05, 3.63) is 81.6 Å². The lowest BCUT2D eigenvalue weighted by Crippen LogP contribution is -2.03. The van der Waals surface area contributed by atoms with E-state index in [-0.39, 0.29) is 29.4 Å². The summed E-state index contributed by atoms with van der Waals surface area (Å²) < 4.78 is 13.6. The minimum absolute atomic E-state index is 0.0607. The molecule has 0 saturated carbocycles. The zero-order valence-electron chi connectivity index (χ0n) is 20.0. The number of aliphatic hydroxyl groups is 1. The lowest BCUT2D eigenvalue weighted by atomic mass is 9.95. The number of nitrogens with two attached hydrogens (primary N) is 1. The predicted molar refractivity (Wildman–Crippen MR) is 145 cm³/mol. The van der Waals surface area contributed by atoms with Crippen LogP contribution in [0.3, 0.4) is 0 Å². The van der Waals surface area contributed by atoms with Crippen molar-refractivity contribution < 1.29 is 9.50 Å². The average molecular weight is 531 g/mol. The maximum absolute atomic E-state index is 13.6. The molecule has 2 aromatic heterocycles. The molecule has 2 heterocycles. The van der Waals surface area contributed by atoms with Gasteiger partial charge in [-0.15, -0.1) is 11.3 Å². The number of halogens is 1. The van der Waals surface area contributed by atoms with Crippen LogP contribution in [0.1, 0.15) is 34.4 Å². The third-order valence-corrected chi connectivity index (χ3v) is 7.45. The number of thiazole rings is 1. The van der Waals surface area contributed by atoms with E-state index in [1.54, 1.807) is 6.07 Å². The normalized spacial score (nSPS) is 10.6. The number of aliphatic hydroxyl groups excluding tert-OH is 1. The second-order valence-electron chi connectivity index (χ2n) is 8.19. The van der Waals surface area contributed by atoms with E-state index in [1.165, 1.54) is 35.2 Å². The van der Waals surface area contributed by atoms with Crippen molar-refractivity contribution in [2.24, 2.45) is 0 Å². The van der Waals surface area contributed by atoms with E-state index in [9.17, 15) is 14.9 Å². The Kier molecular flexibility index (Phi) is 8.36. The van der Waals surface area contributed by atoms with Crippen LogP contribution < -0.4 is 11.1 Å². The van der Waals surface area contributed by atoms with Gasteiger partial charge in [0, 0.05) is 29.0 Å². The molecule has 0 fully saturated rings. The molecule has 37 heavy (non-hydrogen) atoms. The van der Waals surface area contributed by atoms with E-state index in [0.29, 0.717) is 39.1 Å². The average Bonchev–Trinajstić information content (AvgIpc) is 3.35. The maximum Gasteiger partial charge on any atom is 0.187 e. The Bertz CT molecular complexity index is 1510. The van der Waals surface area contributed by atoms with Crippen LogP contribution in [-0.2, 0) is 12.2 Å². The number of hydrogen-bond donors (Lipinski definition) is 3. The first-order chi connectivity index (χ1) is 17.9. The first-order valence-corrected chi connectivity index (χ1v) is 13.2. The highest BCUT2D eigenvalue weighted by Crippen LogP contribution is 2.37. The number of hydrogen-bond acceptors (Lipinski definition) is 9. The summed E-state index contributed by atoms with van der Waals surface area (Å²) in [5, 5.41) is 34.9. The molecule has 0 bridgehead atoms. The fourth-order valence-electron chi connectivity index (χ4n) is 3.73. The zero-order valence-corrected chi connectivity index (χ0v) is 21.6. The topological polar surface area (TPSA) is 132 Å². The number of rotatable bonds is 9. The molecule has 0 aliphatic rings. The van der Waals surface area contributed by atoms with Gasteiger partial charge in [-0.25, -0.2) is 14.4 Å². The van der Waals surface area contributed by atoms with Gasteiger partial charge >= 0.3 is 0 Å². The minimum Gasteiger partial charge on any atom is -0.396 e. The van der Waals surface area contributed by atoms with Crippen LogP contribution in [0.25, 0.3) is 11.1 Å². The number of benzene rings is 2. The van der Waals surface area contributed by atoms with Crippen LogP contribution in [0.5, 0.6) is 0 Å². The second-order valence-corrected chi connectivity index (χ2v) is 10.0. The molecule has 4 aromatic rings. The molecule has 0 aliphatic carbocycles. The molecule has 0 unspecified atom stereocenters. The molecular formula is C27H23FN6OS2. The standard InChI is InChI=1S/C27H23FN6OS2/c1-16-4-9-19(28)11-23(16)33-27-32-20(15-37-27)14-36-26-22(13-30)24(21(12-29)25(31)34-26)18-7-5-17(6-8-18)3-2-10-35/h4-9,11,15,35H,2-3,10,14H2,1H3,(H2,31,34)(H,32,33). The van der Waals surface area contributed by atoms with Crippen molar-refractivity contribution in [3.63, 3.8) is 0 Å². The summed E-state index contributed by atoms with van der Waals surface area (Å²) >= 11 is 2.71. The number of aromatic nitrogens is 2. The van der Waals surface area contributed by atoms with Gasteiger partial charge in [-0.2, -0.15) is 10.5 Å². The summed E-state index contributed by atoms with van der Waals surface area (Å²) in [7, 11) is 0. The first kappa shape index (κ1) is 26.1. The first-order valence-electron chi connectivity index (χ1n) is 11.4. The summed E-state index contributed by atoms with van der Waals surface area (Å²) in [6.07, 6.45) is 1.39. The van der Waals surface area contributed by atoms with E-state index in [2.05, 4.69) is 27.4 Å². The molecule has 0 saturated heterocycles. The van der Waals surface area contributed by atoms with Gasteiger partial charge in [-0.3, -0.25) is 0 Å². The Morgan fingerprint density at radius 1 is 1.11 bits per heavy atom. The molecule has 0 spiro atoms. The second kappa shape index (κ2) is 11.8. The molecule has 0 radical (unpaired) electrons. The quantitative estimate of drug-likeness (QED) is 0.227. The Labute approximate surface area is 222 Å². The summed E-state index contributed by atoms with van der Waals surface area (Å²) in [5.41, 5.74) is 11.1. The highest BCUT2D eigenvalue weighted by molar-refractivity contribution is 7.98. The minimum atomic E-state index is -0.329. The third kappa shape index (κ3) is 6.07. The SMILES string of the molecule is Cc1ccc(F)cc1Nc1nc(CSc2nc(N)c(C#N)c(-c3ccc(CCCO)cc3)c2C#N)cs1. The summed E-state index contributed by atoms with van der Waals surface area (Å²) in [6, 6.07) is 16.4. The van der Waals surface area contributed by atoms with Crippen LogP contribution in [-0.4, -0.2) is 21.7 Å². The lowest BCUT2D eigenvalue weighted by molar-refractivity contribution is 0.288. The number of thioether (sulfide) groups is 1. The van der Waals surface area contributed by atoms with E-state index in [0.717, 1.165) is 23.2 Å². The van der Waals surface area contributed by atoms with Gasteiger partial charge in [0.05, 0.1) is 11.3 Å². The predicted octanol–water partition coefficient (Wildman–Crippen LogP) is 5.94. The number of nitrogens with zero attached hydrogens (tertiary/aromatic N) is 4. The molecule has 0 atom stereocenters. The van der Waals surface area contributed by atoms with Crippen LogP contribution >= 0.6 is 23.1 Å². The molecule has 10 heteroatoms. The van der Waals surface area contributed by atoms with E-state index in [4.69, 9.17) is 10.8 Å². The van der Waals surface area contributed by atoms with Crippen molar-refractivity contribution in [1.29, 1.82) is 10.5 Å². The summed E-state index contributed by atoms with van der Waals surface area (Å²) in [6.45, 7) is 2.00. The fourth-order valence-corrected chi connectivity index (χ4v) is 5.45. The van der Waals surface area contributed by atoms with Crippen molar-refractivity contribution in [2.75, 3.05) is 17.7 Å². The molecule has 0 amide bonds. The Hall–Kier alpha value is -3.96. The van der Waals surface area contributed by atoms with Crippen molar-refractivity contribution >= 4 is 39.7 Å². The summed E-state index contributed by atoms with van der Waals surface area (Å²) in [5.74, 6) is 0.155. The van der Waals surface area contributed by atoms with Gasteiger partial charge < -0.3 is 16.2 Å². The molecule has 186 valence electrons. The Morgan fingerprint density at radius 3 is 2.57 bits per heavy atom. The largest absolute Gasteiger partial charge is 0.396 e. The number of nitrogen functional groups attached to an aromatic ring is 1. The fraction of sp³-hybridized carbons (Fsp3) is 0.185. The Balaban J connectivity index is 1.58. The van der Waals surface area contributed by atoms with Gasteiger partial charge in [-0.05, 0) is 48.6 Å². The van der Waals surface area contributed by atoms with E-state index < -0.39 is 0 Å². The maximum atomic E-state index is 13.6. The number of nitrogens with one attached hydrogen (secondary N) is 1. The molecule has 7 nitrogen and oxygen atoms in total. The number of aryl methyl sites for hydroxylation is 2. The molecule has 4 N–H and O–H groups in total. The van der Waals surface area contributed by atoms with Crippen LogP contribution in [0.2, 0.25) is 0 Å². The van der Waals surface area contributed by atoms with Crippen LogP contribution in [0.15, 0.2) is 52.9 Å². The molecule has 0 aliphatic heterocycles. The number of anilines is 3. The number of nitriles is 2. The number of pyridine rings is 1. The highest BCUT2D eigenvalue weighted by atomic mass is 32.2. The molecule has 2 aromatic carbocycles. The third-order valence-electron chi connectivity index (χ3n) is 5.63.